The normalized spacial score (nSPS) is 19.7. The minimum absolute atomic E-state index is 0.0418. The monoisotopic (exact) mass is 350 g/mol. The summed E-state index contributed by atoms with van der Waals surface area (Å²) >= 11 is 0. The molecule has 1 atom stereocenters. The number of aromatic nitrogens is 1. The van der Waals surface area contributed by atoms with Crippen molar-refractivity contribution in [3.63, 3.8) is 0 Å². The molecule has 3 amide bonds. The van der Waals surface area contributed by atoms with E-state index in [9.17, 15) is 9.59 Å². The van der Waals surface area contributed by atoms with E-state index in [1.54, 1.807) is 11.1 Å². The molecule has 3 heterocycles. The summed E-state index contributed by atoms with van der Waals surface area (Å²) in [6.07, 6.45) is 5.64. The number of carbonyl (C=O) groups is 2. The summed E-state index contributed by atoms with van der Waals surface area (Å²) in [6, 6.07) is 11.3. The summed E-state index contributed by atoms with van der Waals surface area (Å²) in [5.74, 6) is 0.510. The number of hydrogen-bond acceptors (Lipinski definition) is 3. The third kappa shape index (κ3) is 3.40. The number of nitrogens with one attached hydrogen (secondary N) is 1. The Morgan fingerprint density at radius 1 is 1.23 bits per heavy atom. The van der Waals surface area contributed by atoms with Gasteiger partial charge in [-0.1, -0.05) is 12.1 Å². The fourth-order valence-electron chi connectivity index (χ4n) is 3.74. The minimum Gasteiger partial charge on any atom is -0.338 e. The van der Waals surface area contributed by atoms with Gasteiger partial charge in [-0.3, -0.25) is 14.7 Å². The Labute approximate surface area is 152 Å². The Kier molecular flexibility index (Phi) is 4.56. The van der Waals surface area contributed by atoms with E-state index in [4.69, 9.17) is 0 Å². The number of likely N-dealkylation sites (tertiary alicyclic amines) is 1. The van der Waals surface area contributed by atoms with Gasteiger partial charge in [-0.05, 0) is 48.6 Å². The first-order valence-corrected chi connectivity index (χ1v) is 9.04. The molecule has 1 unspecified atom stereocenters. The summed E-state index contributed by atoms with van der Waals surface area (Å²) in [7, 11) is 0. The van der Waals surface area contributed by atoms with Crippen molar-refractivity contribution in [3.05, 3.63) is 59.9 Å². The predicted octanol–water partition coefficient (Wildman–Crippen LogP) is 2.32. The quantitative estimate of drug-likeness (QED) is 0.920. The second-order valence-corrected chi connectivity index (χ2v) is 6.91. The van der Waals surface area contributed by atoms with Crippen LogP contribution in [0.2, 0.25) is 0 Å². The van der Waals surface area contributed by atoms with Gasteiger partial charge in [0.05, 0.1) is 0 Å². The molecule has 0 saturated carbocycles. The maximum absolute atomic E-state index is 12.9. The molecular weight excluding hydrogens is 328 g/mol. The van der Waals surface area contributed by atoms with Crippen LogP contribution in [0.3, 0.4) is 0 Å². The van der Waals surface area contributed by atoms with E-state index >= 15 is 0 Å². The lowest BCUT2D eigenvalue weighted by Gasteiger charge is -2.19. The maximum atomic E-state index is 12.9. The summed E-state index contributed by atoms with van der Waals surface area (Å²) < 4.78 is 0. The molecule has 1 aromatic carbocycles. The standard InChI is InChI=1S/C20H22N4O2/c25-19(17-4-1-5-18(12-17)24-10-8-22-20(24)26)23-9-6-16(14-23)11-15-3-2-7-21-13-15/h1-5,7,12-13,16H,6,8-11,14H2,(H,22,26). The lowest BCUT2D eigenvalue weighted by molar-refractivity contribution is 0.0787. The fourth-order valence-corrected chi connectivity index (χ4v) is 3.74. The van der Waals surface area contributed by atoms with Gasteiger partial charge < -0.3 is 10.2 Å². The molecule has 2 aliphatic heterocycles. The molecule has 6 heteroatoms. The maximum Gasteiger partial charge on any atom is 0.321 e. The van der Waals surface area contributed by atoms with Crippen molar-refractivity contribution in [2.75, 3.05) is 31.1 Å². The number of carbonyl (C=O) groups excluding carboxylic acids is 2. The van der Waals surface area contributed by atoms with E-state index in [2.05, 4.69) is 16.4 Å². The number of anilines is 1. The van der Waals surface area contributed by atoms with Crippen LogP contribution in [0.5, 0.6) is 0 Å². The highest BCUT2D eigenvalue weighted by Gasteiger charge is 2.28. The van der Waals surface area contributed by atoms with Gasteiger partial charge in [0.25, 0.3) is 5.91 Å². The molecular formula is C20H22N4O2. The SMILES string of the molecule is O=C(c1cccc(N2CCNC2=O)c1)N1CCC(Cc2cccnc2)C1. The van der Waals surface area contributed by atoms with Gasteiger partial charge in [-0.2, -0.15) is 0 Å². The number of rotatable bonds is 4. The van der Waals surface area contributed by atoms with Crippen molar-refractivity contribution in [3.8, 4) is 0 Å². The molecule has 2 saturated heterocycles. The molecule has 4 rings (SSSR count). The highest BCUT2D eigenvalue weighted by atomic mass is 16.2. The molecule has 6 nitrogen and oxygen atoms in total. The van der Waals surface area contributed by atoms with Gasteiger partial charge in [-0.25, -0.2) is 4.79 Å². The summed E-state index contributed by atoms with van der Waals surface area (Å²) in [4.78, 5) is 32.5. The third-order valence-electron chi connectivity index (χ3n) is 5.08. The van der Waals surface area contributed by atoms with Gasteiger partial charge in [0.2, 0.25) is 0 Å². The van der Waals surface area contributed by atoms with E-state index in [0.717, 1.165) is 31.6 Å². The Morgan fingerprint density at radius 3 is 2.92 bits per heavy atom. The number of nitrogens with zero attached hydrogens (tertiary/aromatic N) is 3. The van der Waals surface area contributed by atoms with Crippen LogP contribution in [-0.4, -0.2) is 48.0 Å². The molecule has 2 fully saturated rings. The van der Waals surface area contributed by atoms with Gasteiger partial charge >= 0.3 is 6.03 Å². The fraction of sp³-hybridized carbons (Fsp3) is 0.350. The van der Waals surface area contributed by atoms with Crippen molar-refractivity contribution >= 4 is 17.6 Å². The van der Waals surface area contributed by atoms with E-state index < -0.39 is 0 Å². The van der Waals surface area contributed by atoms with E-state index in [-0.39, 0.29) is 11.9 Å². The van der Waals surface area contributed by atoms with E-state index in [1.165, 1.54) is 5.56 Å². The van der Waals surface area contributed by atoms with Crippen molar-refractivity contribution < 1.29 is 9.59 Å². The van der Waals surface area contributed by atoms with Crippen LogP contribution in [-0.2, 0) is 6.42 Å². The largest absolute Gasteiger partial charge is 0.338 e. The summed E-state index contributed by atoms with van der Waals surface area (Å²) in [6.45, 7) is 2.81. The average molecular weight is 350 g/mol. The number of hydrogen-bond donors (Lipinski definition) is 1. The second-order valence-electron chi connectivity index (χ2n) is 6.91. The van der Waals surface area contributed by atoms with Crippen LogP contribution in [0.25, 0.3) is 0 Å². The number of pyridine rings is 1. The summed E-state index contributed by atoms with van der Waals surface area (Å²) in [5.41, 5.74) is 2.63. The number of amides is 3. The van der Waals surface area contributed by atoms with E-state index in [0.29, 0.717) is 24.6 Å². The van der Waals surface area contributed by atoms with Crippen LogP contribution in [0, 0.1) is 5.92 Å². The highest BCUT2D eigenvalue weighted by Crippen LogP contribution is 2.24. The third-order valence-corrected chi connectivity index (χ3v) is 5.08. The Hall–Kier alpha value is -2.89. The molecule has 26 heavy (non-hydrogen) atoms. The lowest BCUT2D eigenvalue weighted by atomic mass is 10.00. The van der Waals surface area contributed by atoms with Gasteiger partial charge in [0.15, 0.2) is 0 Å². The molecule has 0 aliphatic carbocycles. The van der Waals surface area contributed by atoms with Crippen molar-refractivity contribution in [2.45, 2.75) is 12.8 Å². The molecule has 134 valence electrons. The number of urea groups is 1. The Balaban J connectivity index is 1.42. The van der Waals surface area contributed by atoms with Crippen LogP contribution >= 0.6 is 0 Å². The van der Waals surface area contributed by atoms with Crippen LogP contribution in [0.15, 0.2) is 48.8 Å². The average Bonchev–Trinajstić information content (AvgIpc) is 3.31. The van der Waals surface area contributed by atoms with Gasteiger partial charge in [-0.15, -0.1) is 0 Å². The van der Waals surface area contributed by atoms with Crippen molar-refractivity contribution in [2.24, 2.45) is 5.92 Å². The van der Waals surface area contributed by atoms with Crippen LogP contribution in [0.1, 0.15) is 22.3 Å². The Morgan fingerprint density at radius 2 is 2.15 bits per heavy atom. The lowest BCUT2D eigenvalue weighted by Crippen LogP contribution is -2.30. The molecule has 2 aliphatic rings. The van der Waals surface area contributed by atoms with Crippen LogP contribution in [0.4, 0.5) is 10.5 Å². The summed E-state index contributed by atoms with van der Waals surface area (Å²) in [5, 5.41) is 2.79. The highest BCUT2D eigenvalue weighted by molar-refractivity contribution is 5.98. The topological polar surface area (TPSA) is 65.5 Å². The molecule has 2 aromatic rings. The molecule has 1 aromatic heterocycles. The zero-order chi connectivity index (χ0) is 17.9. The first-order valence-electron chi connectivity index (χ1n) is 9.04. The number of benzene rings is 1. The van der Waals surface area contributed by atoms with Crippen molar-refractivity contribution in [1.29, 1.82) is 0 Å². The second kappa shape index (κ2) is 7.15. The molecule has 0 radical (unpaired) electrons. The molecule has 1 N–H and O–H groups in total. The minimum atomic E-state index is -0.104. The van der Waals surface area contributed by atoms with Crippen molar-refractivity contribution in [1.82, 2.24) is 15.2 Å². The first-order chi connectivity index (χ1) is 12.7. The zero-order valence-electron chi connectivity index (χ0n) is 14.6. The predicted molar refractivity (Wildman–Crippen MR) is 99.1 cm³/mol. The molecule has 0 bridgehead atoms. The van der Waals surface area contributed by atoms with E-state index in [1.807, 2.05) is 41.4 Å². The zero-order valence-corrected chi connectivity index (χ0v) is 14.6. The van der Waals surface area contributed by atoms with Crippen LogP contribution < -0.4 is 10.2 Å². The first kappa shape index (κ1) is 16.6. The van der Waals surface area contributed by atoms with Gasteiger partial charge in [0, 0.05) is 49.8 Å². The van der Waals surface area contributed by atoms with Gasteiger partial charge in [0.1, 0.15) is 0 Å². The Bertz CT molecular complexity index is 808. The smallest absolute Gasteiger partial charge is 0.321 e. The molecule has 0 spiro atoms.